The highest BCUT2D eigenvalue weighted by atomic mass is 35.5. The van der Waals surface area contributed by atoms with E-state index in [9.17, 15) is 8.42 Å². The molecule has 0 spiro atoms. The predicted molar refractivity (Wildman–Crippen MR) is 90.2 cm³/mol. The number of ether oxygens (including phenoxy) is 1. The maximum absolute atomic E-state index is 12.8. The molecule has 1 fully saturated rings. The van der Waals surface area contributed by atoms with E-state index in [-0.39, 0.29) is 23.3 Å². The van der Waals surface area contributed by atoms with Crippen LogP contribution in [0, 0.1) is 5.92 Å². The first-order valence-electron chi connectivity index (χ1n) is 7.31. The molecule has 1 saturated heterocycles. The number of benzene rings is 1. The molecule has 0 aliphatic carbocycles. The summed E-state index contributed by atoms with van der Waals surface area (Å²) in [6.07, 6.45) is 0.970. The molecule has 1 atom stereocenters. The molecule has 1 aromatic rings. The van der Waals surface area contributed by atoms with Crippen molar-refractivity contribution < 1.29 is 13.2 Å². The molecular formula is C15H25ClN2O3S. The van der Waals surface area contributed by atoms with Crippen molar-refractivity contribution in [1.29, 1.82) is 0 Å². The Morgan fingerprint density at radius 1 is 1.36 bits per heavy atom. The van der Waals surface area contributed by atoms with Gasteiger partial charge < -0.3 is 10.1 Å². The SMILES string of the molecule is COc1ccccc1S(=O)(=O)N1CCN[C@@H](CC(C)C)C1.Cl. The molecule has 0 radical (unpaired) electrons. The van der Waals surface area contributed by atoms with Crippen LogP contribution in [0.5, 0.6) is 5.75 Å². The van der Waals surface area contributed by atoms with Crippen molar-refractivity contribution in [2.45, 2.75) is 31.2 Å². The van der Waals surface area contributed by atoms with E-state index in [2.05, 4.69) is 19.2 Å². The van der Waals surface area contributed by atoms with Gasteiger partial charge in [-0.1, -0.05) is 26.0 Å². The van der Waals surface area contributed by atoms with E-state index in [1.807, 2.05) is 0 Å². The number of nitrogens with one attached hydrogen (secondary N) is 1. The van der Waals surface area contributed by atoms with E-state index in [1.165, 1.54) is 7.11 Å². The molecule has 0 bridgehead atoms. The Morgan fingerprint density at radius 3 is 2.68 bits per heavy atom. The Bertz CT molecular complexity index is 578. The summed E-state index contributed by atoms with van der Waals surface area (Å²) in [6.45, 7) is 5.99. The van der Waals surface area contributed by atoms with E-state index in [1.54, 1.807) is 28.6 Å². The van der Waals surface area contributed by atoms with Crippen molar-refractivity contribution in [3.05, 3.63) is 24.3 Å². The molecule has 126 valence electrons. The number of methoxy groups -OCH3 is 1. The molecule has 1 aromatic carbocycles. The van der Waals surface area contributed by atoms with Gasteiger partial charge in [-0.15, -0.1) is 12.4 Å². The Labute approximate surface area is 139 Å². The number of halogens is 1. The van der Waals surface area contributed by atoms with Crippen LogP contribution in [0.3, 0.4) is 0 Å². The fourth-order valence-corrected chi connectivity index (χ4v) is 4.35. The maximum atomic E-state index is 12.8. The Hall–Kier alpha value is -0.820. The molecule has 0 amide bonds. The van der Waals surface area contributed by atoms with Crippen molar-refractivity contribution >= 4 is 22.4 Å². The first-order chi connectivity index (χ1) is 9.95. The van der Waals surface area contributed by atoms with Crippen molar-refractivity contribution in [1.82, 2.24) is 9.62 Å². The summed E-state index contributed by atoms with van der Waals surface area (Å²) in [6, 6.07) is 7.00. The number of sulfonamides is 1. The molecule has 5 nitrogen and oxygen atoms in total. The number of para-hydroxylation sites is 1. The Kier molecular flexibility index (Phi) is 7.12. The average Bonchev–Trinajstić information content (AvgIpc) is 2.46. The fourth-order valence-electron chi connectivity index (χ4n) is 2.71. The van der Waals surface area contributed by atoms with E-state index < -0.39 is 10.0 Å². The smallest absolute Gasteiger partial charge is 0.246 e. The third-order valence-corrected chi connectivity index (χ3v) is 5.57. The third kappa shape index (κ3) is 4.35. The van der Waals surface area contributed by atoms with Crippen LogP contribution in [0.15, 0.2) is 29.2 Å². The highest BCUT2D eigenvalue weighted by molar-refractivity contribution is 7.89. The highest BCUT2D eigenvalue weighted by Gasteiger charge is 2.31. The lowest BCUT2D eigenvalue weighted by molar-refractivity contribution is 0.271. The van der Waals surface area contributed by atoms with Gasteiger partial charge >= 0.3 is 0 Å². The minimum absolute atomic E-state index is 0. The van der Waals surface area contributed by atoms with Crippen molar-refractivity contribution in [2.24, 2.45) is 5.92 Å². The molecule has 1 aliphatic heterocycles. The molecule has 0 saturated carbocycles. The number of piperazine rings is 1. The summed E-state index contributed by atoms with van der Waals surface area (Å²) < 4.78 is 32.4. The maximum Gasteiger partial charge on any atom is 0.246 e. The zero-order valence-electron chi connectivity index (χ0n) is 13.3. The number of hydrogen-bond acceptors (Lipinski definition) is 4. The molecule has 1 N–H and O–H groups in total. The van der Waals surface area contributed by atoms with Gasteiger partial charge in [0.15, 0.2) is 0 Å². The molecule has 1 aliphatic rings. The summed E-state index contributed by atoms with van der Waals surface area (Å²) in [5.74, 6) is 0.938. The first kappa shape index (κ1) is 19.2. The van der Waals surface area contributed by atoms with Gasteiger partial charge in [0.1, 0.15) is 10.6 Å². The molecule has 0 unspecified atom stereocenters. The monoisotopic (exact) mass is 348 g/mol. The van der Waals surface area contributed by atoms with E-state index >= 15 is 0 Å². The highest BCUT2D eigenvalue weighted by Crippen LogP contribution is 2.27. The second-order valence-electron chi connectivity index (χ2n) is 5.79. The van der Waals surface area contributed by atoms with Crippen LogP contribution in [-0.2, 0) is 10.0 Å². The fraction of sp³-hybridized carbons (Fsp3) is 0.600. The summed E-state index contributed by atoms with van der Waals surface area (Å²) in [5, 5.41) is 3.40. The lowest BCUT2D eigenvalue weighted by atomic mass is 10.0. The van der Waals surface area contributed by atoms with Gasteiger partial charge in [0, 0.05) is 25.7 Å². The lowest BCUT2D eigenvalue weighted by Gasteiger charge is -2.34. The first-order valence-corrected chi connectivity index (χ1v) is 8.75. The molecule has 22 heavy (non-hydrogen) atoms. The largest absolute Gasteiger partial charge is 0.495 e. The minimum Gasteiger partial charge on any atom is -0.495 e. The summed E-state index contributed by atoms with van der Waals surface area (Å²) >= 11 is 0. The van der Waals surface area contributed by atoms with Crippen molar-refractivity contribution in [2.75, 3.05) is 26.7 Å². The summed E-state index contributed by atoms with van der Waals surface area (Å²) in [7, 11) is -2.01. The van der Waals surface area contributed by atoms with Crippen LogP contribution in [0.1, 0.15) is 20.3 Å². The molecule has 2 rings (SSSR count). The number of rotatable bonds is 5. The van der Waals surface area contributed by atoms with Gasteiger partial charge in [0.05, 0.1) is 7.11 Å². The Balaban J connectivity index is 0.00000242. The Morgan fingerprint density at radius 2 is 2.05 bits per heavy atom. The van der Waals surface area contributed by atoms with Gasteiger partial charge in [0.25, 0.3) is 0 Å². The summed E-state index contributed by atoms with van der Waals surface area (Å²) in [5.41, 5.74) is 0. The normalized spacial score (nSPS) is 19.7. The van der Waals surface area contributed by atoms with Crippen LogP contribution >= 0.6 is 12.4 Å². The third-order valence-electron chi connectivity index (χ3n) is 3.66. The quantitative estimate of drug-likeness (QED) is 0.885. The number of nitrogens with zero attached hydrogens (tertiary/aromatic N) is 1. The van der Waals surface area contributed by atoms with E-state index in [0.717, 1.165) is 6.42 Å². The van der Waals surface area contributed by atoms with Gasteiger partial charge in [-0.05, 0) is 24.5 Å². The van der Waals surface area contributed by atoms with Crippen LogP contribution in [0.4, 0.5) is 0 Å². The summed E-state index contributed by atoms with van der Waals surface area (Å²) in [4.78, 5) is 0.248. The standard InChI is InChI=1S/C15H24N2O3S.ClH/c1-12(2)10-13-11-17(9-8-16-13)21(18,19)15-7-5-4-6-14(15)20-3;/h4-7,12-13,16H,8-11H2,1-3H3;1H/t13-;/m0./s1. The topological polar surface area (TPSA) is 58.6 Å². The van der Waals surface area contributed by atoms with Gasteiger partial charge in [-0.3, -0.25) is 0 Å². The van der Waals surface area contributed by atoms with Crippen molar-refractivity contribution in [3.8, 4) is 5.75 Å². The zero-order chi connectivity index (χ0) is 15.5. The van der Waals surface area contributed by atoms with E-state index in [0.29, 0.717) is 31.3 Å². The van der Waals surface area contributed by atoms with Gasteiger partial charge in [-0.2, -0.15) is 4.31 Å². The lowest BCUT2D eigenvalue weighted by Crippen LogP contribution is -2.52. The molecule has 1 heterocycles. The molecule has 7 heteroatoms. The average molecular weight is 349 g/mol. The second-order valence-corrected chi connectivity index (χ2v) is 7.70. The van der Waals surface area contributed by atoms with Crippen LogP contribution in [0.25, 0.3) is 0 Å². The second kappa shape index (κ2) is 8.15. The van der Waals surface area contributed by atoms with Crippen LogP contribution in [0.2, 0.25) is 0 Å². The molecular weight excluding hydrogens is 324 g/mol. The zero-order valence-corrected chi connectivity index (χ0v) is 14.9. The van der Waals surface area contributed by atoms with Gasteiger partial charge in [0.2, 0.25) is 10.0 Å². The minimum atomic E-state index is -3.51. The number of hydrogen-bond donors (Lipinski definition) is 1. The van der Waals surface area contributed by atoms with Crippen molar-refractivity contribution in [3.63, 3.8) is 0 Å². The van der Waals surface area contributed by atoms with Gasteiger partial charge in [-0.25, -0.2) is 8.42 Å². The molecule has 0 aromatic heterocycles. The van der Waals surface area contributed by atoms with Crippen LogP contribution < -0.4 is 10.1 Å². The predicted octanol–water partition coefficient (Wildman–Crippen LogP) is 2.13. The van der Waals surface area contributed by atoms with Crippen LogP contribution in [-0.4, -0.2) is 45.5 Å². The van der Waals surface area contributed by atoms with E-state index in [4.69, 9.17) is 4.74 Å².